The maximum Gasteiger partial charge on any atom is 0.330 e. The molecular formula is C11H18O4. The molecule has 0 unspecified atom stereocenters. The molecule has 0 atom stereocenters. The Kier molecular flexibility index (Phi) is 13.1. The highest BCUT2D eigenvalue weighted by Crippen LogP contribution is 1.82. The molecular weight excluding hydrogens is 196 g/mol. The number of hydrogen-bond acceptors (Lipinski definition) is 4. The zero-order chi connectivity index (χ0) is 12.1. The second kappa shape index (κ2) is 12.4. The fourth-order valence-electron chi connectivity index (χ4n) is 0.402. The highest BCUT2D eigenvalue weighted by Gasteiger charge is 1.97. The van der Waals surface area contributed by atoms with Gasteiger partial charge in [0, 0.05) is 12.2 Å². The Morgan fingerprint density at radius 2 is 1.27 bits per heavy atom. The molecule has 0 radical (unpaired) electrons. The number of rotatable bonds is 5. The predicted molar refractivity (Wildman–Crippen MR) is 58.3 cm³/mol. The van der Waals surface area contributed by atoms with E-state index in [1.165, 1.54) is 6.42 Å². The molecule has 0 fully saturated rings. The molecule has 15 heavy (non-hydrogen) atoms. The molecule has 0 rings (SSSR count). The second-order valence-corrected chi connectivity index (χ2v) is 2.45. The minimum Gasteiger partial charge on any atom is -0.459 e. The van der Waals surface area contributed by atoms with Gasteiger partial charge in [-0.2, -0.15) is 0 Å². The van der Waals surface area contributed by atoms with Gasteiger partial charge in [-0.3, -0.25) is 0 Å². The van der Waals surface area contributed by atoms with Crippen LogP contribution in [0.2, 0.25) is 0 Å². The SMILES string of the molecule is C=CC(=O)OCCOC(=O)C=C.CCC. The first-order valence-electron chi connectivity index (χ1n) is 4.70. The molecule has 0 aromatic rings. The molecule has 0 N–H and O–H groups in total. The molecule has 0 heterocycles. The maximum atomic E-state index is 10.4. The topological polar surface area (TPSA) is 52.6 Å². The molecule has 0 aromatic carbocycles. The summed E-state index contributed by atoms with van der Waals surface area (Å²) >= 11 is 0. The van der Waals surface area contributed by atoms with E-state index in [0.717, 1.165) is 12.2 Å². The molecule has 0 amide bonds. The van der Waals surface area contributed by atoms with E-state index in [1.54, 1.807) is 0 Å². The zero-order valence-corrected chi connectivity index (χ0v) is 9.32. The normalized spacial score (nSPS) is 7.87. The fraction of sp³-hybridized carbons (Fsp3) is 0.455. The van der Waals surface area contributed by atoms with Crippen molar-refractivity contribution in [3.05, 3.63) is 25.3 Å². The van der Waals surface area contributed by atoms with Gasteiger partial charge >= 0.3 is 11.9 Å². The van der Waals surface area contributed by atoms with Gasteiger partial charge in [0.2, 0.25) is 0 Å². The van der Waals surface area contributed by atoms with Crippen molar-refractivity contribution >= 4 is 11.9 Å². The minimum atomic E-state index is -0.537. The summed E-state index contributed by atoms with van der Waals surface area (Å²) < 4.78 is 9.04. The third-order valence-corrected chi connectivity index (χ3v) is 0.905. The van der Waals surface area contributed by atoms with Crippen LogP contribution in [0, 0.1) is 0 Å². The van der Waals surface area contributed by atoms with Crippen LogP contribution in [-0.2, 0) is 19.1 Å². The third-order valence-electron chi connectivity index (χ3n) is 0.905. The molecule has 0 bridgehead atoms. The van der Waals surface area contributed by atoms with Gasteiger partial charge in [0.1, 0.15) is 13.2 Å². The van der Waals surface area contributed by atoms with E-state index >= 15 is 0 Å². The van der Waals surface area contributed by atoms with Crippen LogP contribution in [0.15, 0.2) is 25.3 Å². The van der Waals surface area contributed by atoms with Crippen LogP contribution in [0.5, 0.6) is 0 Å². The first-order valence-corrected chi connectivity index (χ1v) is 4.70. The van der Waals surface area contributed by atoms with Gasteiger partial charge < -0.3 is 9.47 Å². The van der Waals surface area contributed by atoms with Crippen LogP contribution < -0.4 is 0 Å². The molecule has 0 saturated heterocycles. The summed E-state index contributed by atoms with van der Waals surface area (Å²) in [6, 6.07) is 0. The van der Waals surface area contributed by atoms with Crippen LogP contribution in [0.25, 0.3) is 0 Å². The summed E-state index contributed by atoms with van der Waals surface area (Å²) in [6.45, 7) is 10.7. The lowest BCUT2D eigenvalue weighted by atomic mass is 10.6. The van der Waals surface area contributed by atoms with Crippen molar-refractivity contribution < 1.29 is 19.1 Å². The molecule has 86 valence electrons. The van der Waals surface area contributed by atoms with E-state index in [1.807, 2.05) is 0 Å². The first kappa shape index (κ1) is 15.9. The van der Waals surface area contributed by atoms with Gasteiger partial charge in [-0.25, -0.2) is 9.59 Å². The van der Waals surface area contributed by atoms with E-state index in [0.29, 0.717) is 0 Å². The molecule has 4 nitrogen and oxygen atoms in total. The number of ether oxygens (including phenoxy) is 2. The first-order chi connectivity index (χ1) is 7.12. The largest absolute Gasteiger partial charge is 0.459 e. The van der Waals surface area contributed by atoms with Crippen molar-refractivity contribution in [3.8, 4) is 0 Å². The van der Waals surface area contributed by atoms with E-state index in [-0.39, 0.29) is 13.2 Å². The average molecular weight is 214 g/mol. The van der Waals surface area contributed by atoms with Crippen LogP contribution in [-0.4, -0.2) is 25.2 Å². The van der Waals surface area contributed by atoms with Crippen LogP contribution in [0.4, 0.5) is 0 Å². The van der Waals surface area contributed by atoms with Crippen molar-refractivity contribution in [1.29, 1.82) is 0 Å². The lowest BCUT2D eigenvalue weighted by Crippen LogP contribution is -2.10. The van der Waals surface area contributed by atoms with Crippen molar-refractivity contribution in [3.63, 3.8) is 0 Å². The Bertz CT molecular complexity index is 187. The van der Waals surface area contributed by atoms with Crippen LogP contribution >= 0.6 is 0 Å². The Morgan fingerprint density at radius 1 is 1.00 bits per heavy atom. The maximum absolute atomic E-state index is 10.4. The average Bonchev–Trinajstić information content (AvgIpc) is 2.24. The fourth-order valence-corrected chi connectivity index (χ4v) is 0.402. The van der Waals surface area contributed by atoms with Gasteiger partial charge in [0.25, 0.3) is 0 Å². The predicted octanol–water partition coefficient (Wildman–Crippen LogP) is 1.86. The molecule has 0 spiro atoms. The van der Waals surface area contributed by atoms with E-state index in [4.69, 9.17) is 0 Å². The second-order valence-electron chi connectivity index (χ2n) is 2.45. The van der Waals surface area contributed by atoms with Crippen molar-refractivity contribution in [2.24, 2.45) is 0 Å². The van der Waals surface area contributed by atoms with E-state index in [9.17, 15) is 9.59 Å². The van der Waals surface area contributed by atoms with Gasteiger partial charge in [-0.15, -0.1) is 0 Å². The Balaban J connectivity index is 0. The standard InChI is InChI=1S/C8H10O4.C3H8/c1-3-7(9)11-5-6-12-8(10)4-2;1-3-2/h3-4H,1-2,5-6H2;3H2,1-2H3. The summed E-state index contributed by atoms with van der Waals surface area (Å²) in [5, 5.41) is 0. The smallest absolute Gasteiger partial charge is 0.330 e. The Morgan fingerprint density at radius 3 is 1.47 bits per heavy atom. The number of carbonyl (C=O) groups excluding carboxylic acids is 2. The summed E-state index contributed by atoms with van der Waals surface area (Å²) in [5.74, 6) is -1.07. The van der Waals surface area contributed by atoms with Crippen molar-refractivity contribution in [2.45, 2.75) is 20.3 Å². The van der Waals surface area contributed by atoms with E-state index < -0.39 is 11.9 Å². The molecule has 4 heteroatoms. The molecule has 0 aliphatic carbocycles. The van der Waals surface area contributed by atoms with Crippen LogP contribution in [0.3, 0.4) is 0 Å². The highest BCUT2D eigenvalue weighted by atomic mass is 16.6. The molecule has 0 saturated carbocycles. The summed E-state index contributed by atoms with van der Waals surface area (Å²) in [7, 11) is 0. The van der Waals surface area contributed by atoms with Gasteiger partial charge in [0.05, 0.1) is 0 Å². The van der Waals surface area contributed by atoms with Gasteiger partial charge in [-0.05, 0) is 0 Å². The van der Waals surface area contributed by atoms with Crippen LogP contribution in [0.1, 0.15) is 20.3 Å². The summed E-state index contributed by atoms with van der Waals surface area (Å²) in [5.41, 5.74) is 0. The monoisotopic (exact) mass is 214 g/mol. The highest BCUT2D eigenvalue weighted by molar-refractivity contribution is 5.81. The minimum absolute atomic E-state index is 0.0322. The molecule has 0 aromatic heterocycles. The summed E-state index contributed by atoms with van der Waals surface area (Å²) in [6.07, 6.45) is 3.32. The lowest BCUT2D eigenvalue weighted by molar-refractivity contribution is -0.146. The van der Waals surface area contributed by atoms with Crippen molar-refractivity contribution in [2.75, 3.05) is 13.2 Å². The molecule has 0 aliphatic heterocycles. The Labute approximate surface area is 90.6 Å². The van der Waals surface area contributed by atoms with Crippen molar-refractivity contribution in [1.82, 2.24) is 0 Å². The zero-order valence-electron chi connectivity index (χ0n) is 9.32. The lowest BCUT2D eigenvalue weighted by Gasteiger charge is -2.01. The number of hydrogen-bond donors (Lipinski definition) is 0. The molecule has 0 aliphatic rings. The summed E-state index contributed by atoms with van der Waals surface area (Å²) in [4.78, 5) is 20.9. The third kappa shape index (κ3) is 15.2. The van der Waals surface area contributed by atoms with E-state index in [2.05, 4.69) is 36.5 Å². The Hall–Kier alpha value is -1.58. The number of carbonyl (C=O) groups is 2. The van der Waals surface area contributed by atoms with Gasteiger partial charge in [-0.1, -0.05) is 33.4 Å². The quantitative estimate of drug-likeness (QED) is 0.398. The van der Waals surface area contributed by atoms with Gasteiger partial charge in [0.15, 0.2) is 0 Å². The number of esters is 2.